The van der Waals surface area contributed by atoms with E-state index in [0.29, 0.717) is 18.7 Å². The van der Waals surface area contributed by atoms with E-state index in [1.807, 2.05) is 12.1 Å². The lowest BCUT2D eigenvalue weighted by Gasteiger charge is -2.25. The number of carbonyl (C=O) groups excluding carboxylic acids is 1. The number of rotatable bonds is 5. The number of aliphatic carboxylic acids is 1. The van der Waals surface area contributed by atoms with E-state index in [-0.39, 0.29) is 12.5 Å². The molecular weight excluding hydrogens is 272 g/mol. The number of carbonyl (C=O) groups is 2. The number of ether oxygens (including phenoxy) is 1. The largest absolute Gasteiger partial charge is 0.493 e. The van der Waals surface area contributed by atoms with Gasteiger partial charge in [-0.1, -0.05) is 0 Å². The Morgan fingerprint density at radius 1 is 1.38 bits per heavy atom. The fourth-order valence-electron chi connectivity index (χ4n) is 2.22. The third kappa shape index (κ3) is 4.37. The number of fused-ring (bicyclic) bond motifs is 1. The second-order valence-corrected chi connectivity index (χ2v) is 5.78. The van der Waals surface area contributed by atoms with Crippen LogP contribution in [-0.4, -0.2) is 29.3 Å². The molecule has 0 fully saturated rings. The van der Waals surface area contributed by atoms with Crippen LogP contribution in [-0.2, 0) is 11.2 Å². The van der Waals surface area contributed by atoms with Crippen molar-refractivity contribution in [2.75, 3.05) is 11.9 Å². The first-order valence-electron chi connectivity index (χ1n) is 6.92. The van der Waals surface area contributed by atoms with E-state index in [9.17, 15) is 9.59 Å². The van der Waals surface area contributed by atoms with Crippen molar-refractivity contribution in [3.8, 4) is 5.75 Å². The molecule has 1 aromatic carbocycles. The summed E-state index contributed by atoms with van der Waals surface area (Å²) in [5, 5.41) is 14.2. The average molecular weight is 292 g/mol. The number of urea groups is 1. The molecule has 1 heterocycles. The Morgan fingerprint density at radius 2 is 2.14 bits per heavy atom. The van der Waals surface area contributed by atoms with Gasteiger partial charge in [-0.2, -0.15) is 0 Å². The molecular formula is C15H20N2O4. The Morgan fingerprint density at radius 3 is 2.86 bits per heavy atom. The Bertz CT molecular complexity index is 555. The molecule has 1 aliphatic rings. The zero-order valence-corrected chi connectivity index (χ0v) is 12.2. The normalized spacial score (nSPS) is 13.2. The summed E-state index contributed by atoms with van der Waals surface area (Å²) in [5.41, 5.74) is 1.20. The minimum absolute atomic E-state index is 0.0173. The summed E-state index contributed by atoms with van der Waals surface area (Å²) in [6.45, 7) is 4.27. The van der Waals surface area contributed by atoms with Gasteiger partial charge in [-0.05, 0) is 44.0 Å². The number of benzene rings is 1. The molecule has 0 aromatic heterocycles. The fourth-order valence-corrected chi connectivity index (χ4v) is 2.22. The van der Waals surface area contributed by atoms with Gasteiger partial charge in [0.2, 0.25) is 0 Å². The Kier molecular flexibility index (Phi) is 4.35. The van der Waals surface area contributed by atoms with Crippen molar-refractivity contribution in [1.82, 2.24) is 5.32 Å². The first-order valence-corrected chi connectivity index (χ1v) is 6.92. The third-order valence-corrected chi connectivity index (χ3v) is 3.36. The van der Waals surface area contributed by atoms with Crippen molar-refractivity contribution in [2.45, 2.75) is 38.6 Å². The quantitative estimate of drug-likeness (QED) is 0.777. The first-order chi connectivity index (χ1) is 9.85. The van der Waals surface area contributed by atoms with E-state index in [0.717, 1.165) is 17.7 Å². The van der Waals surface area contributed by atoms with Crippen molar-refractivity contribution in [1.29, 1.82) is 0 Å². The molecule has 0 unspecified atom stereocenters. The maximum Gasteiger partial charge on any atom is 0.319 e. The fraction of sp³-hybridized carbons (Fsp3) is 0.467. The molecule has 114 valence electrons. The van der Waals surface area contributed by atoms with E-state index in [1.54, 1.807) is 19.9 Å². The summed E-state index contributed by atoms with van der Waals surface area (Å²) in [5.74, 6) is -0.00773. The van der Waals surface area contributed by atoms with E-state index in [4.69, 9.17) is 9.84 Å². The lowest BCUT2D eigenvalue weighted by atomic mass is 9.99. The number of nitrogens with one attached hydrogen (secondary N) is 2. The van der Waals surface area contributed by atoms with Gasteiger partial charge in [-0.3, -0.25) is 4.79 Å². The summed E-state index contributed by atoms with van der Waals surface area (Å²) in [7, 11) is 0. The molecule has 6 nitrogen and oxygen atoms in total. The topological polar surface area (TPSA) is 87.7 Å². The average Bonchev–Trinajstić information content (AvgIpc) is 2.83. The van der Waals surface area contributed by atoms with Crippen molar-refractivity contribution in [3.63, 3.8) is 0 Å². The van der Waals surface area contributed by atoms with E-state index in [1.165, 1.54) is 0 Å². The predicted octanol–water partition coefficient (Wildman–Crippen LogP) is 2.39. The molecule has 1 aliphatic heterocycles. The standard InChI is InChI=1S/C15H20N2O4/c1-15(2,7-5-13(18)19)17-14(20)16-11-3-4-12-10(9-11)6-8-21-12/h3-4,9H,5-8H2,1-2H3,(H,18,19)(H2,16,17,20). The molecule has 0 saturated carbocycles. The van der Waals surface area contributed by atoms with Gasteiger partial charge in [-0.15, -0.1) is 0 Å². The molecule has 1 aromatic rings. The number of carboxylic acid groups (broad SMARTS) is 1. The van der Waals surface area contributed by atoms with Crippen LogP contribution in [0.2, 0.25) is 0 Å². The van der Waals surface area contributed by atoms with Crippen LogP contribution in [0.25, 0.3) is 0 Å². The van der Waals surface area contributed by atoms with Gasteiger partial charge in [0.25, 0.3) is 0 Å². The third-order valence-electron chi connectivity index (χ3n) is 3.36. The molecule has 6 heteroatoms. The highest BCUT2D eigenvalue weighted by molar-refractivity contribution is 5.90. The summed E-state index contributed by atoms with van der Waals surface area (Å²) in [6, 6.07) is 5.18. The minimum atomic E-state index is -0.871. The highest BCUT2D eigenvalue weighted by Gasteiger charge is 2.22. The van der Waals surface area contributed by atoms with Gasteiger partial charge in [-0.25, -0.2) is 4.79 Å². The maximum atomic E-state index is 12.0. The summed E-state index contributed by atoms with van der Waals surface area (Å²) >= 11 is 0. The number of amides is 2. The summed E-state index contributed by atoms with van der Waals surface area (Å²) in [4.78, 5) is 22.6. The van der Waals surface area contributed by atoms with E-state index >= 15 is 0 Å². The smallest absolute Gasteiger partial charge is 0.319 e. The van der Waals surface area contributed by atoms with Gasteiger partial charge < -0.3 is 20.5 Å². The van der Waals surface area contributed by atoms with Crippen molar-refractivity contribution < 1.29 is 19.4 Å². The monoisotopic (exact) mass is 292 g/mol. The zero-order chi connectivity index (χ0) is 15.5. The van der Waals surface area contributed by atoms with Crippen LogP contribution in [0, 0.1) is 0 Å². The molecule has 2 amide bonds. The van der Waals surface area contributed by atoms with E-state index < -0.39 is 11.5 Å². The summed E-state index contributed by atoms with van der Waals surface area (Å²) < 4.78 is 5.41. The van der Waals surface area contributed by atoms with Crippen molar-refractivity contribution >= 4 is 17.7 Å². The molecule has 21 heavy (non-hydrogen) atoms. The van der Waals surface area contributed by atoms with Crippen LogP contribution in [0.1, 0.15) is 32.3 Å². The Labute approximate surface area is 123 Å². The van der Waals surface area contributed by atoms with Gasteiger partial charge in [0.15, 0.2) is 0 Å². The van der Waals surface area contributed by atoms with Crippen LogP contribution in [0.15, 0.2) is 18.2 Å². The SMILES string of the molecule is CC(C)(CCC(=O)O)NC(=O)Nc1ccc2c(c1)CCO2. The van der Waals surface area contributed by atoms with Gasteiger partial charge in [0.1, 0.15) is 5.75 Å². The number of hydrogen-bond acceptors (Lipinski definition) is 3. The predicted molar refractivity (Wildman–Crippen MR) is 78.7 cm³/mol. The van der Waals surface area contributed by atoms with Crippen molar-refractivity contribution in [3.05, 3.63) is 23.8 Å². The van der Waals surface area contributed by atoms with Gasteiger partial charge in [0, 0.05) is 24.1 Å². The Balaban J connectivity index is 1.90. The summed E-state index contributed by atoms with van der Waals surface area (Å²) in [6.07, 6.45) is 1.23. The van der Waals surface area contributed by atoms with Crippen LogP contribution >= 0.6 is 0 Å². The van der Waals surface area contributed by atoms with E-state index in [2.05, 4.69) is 10.6 Å². The van der Waals surface area contributed by atoms with Gasteiger partial charge in [0.05, 0.1) is 6.61 Å². The second kappa shape index (κ2) is 6.03. The van der Waals surface area contributed by atoms with Crippen LogP contribution < -0.4 is 15.4 Å². The lowest BCUT2D eigenvalue weighted by Crippen LogP contribution is -2.45. The molecule has 0 aliphatic carbocycles. The molecule has 3 N–H and O–H groups in total. The Hall–Kier alpha value is -2.24. The highest BCUT2D eigenvalue weighted by Crippen LogP contribution is 2.27. The van der Waals surface area contributed by atoms with Crippen molar-refractivity contribution in [2.24, 2.45) is 0 Å². The van der Waals surface area contributed by atoms with Crippen LogP contribution in [0.4, 0.5) is 10.5 Å². The molecule has 0 spiro atoms. The molecule has 0 radical (unpaired) electrons. The zero-order valence-electron chi connectivity index (χ0n) is 12.2. The maximum absolute atomic E-state index is 12.0. The molecule has 2 rings (SSSR count). The minimum Gasteiger partial charge on any atom is -0.493 e. The van der Waals surface area contributed by atoms with Gasteiger partial charge >= 0.3 is 12.0 Å². The molecule has 0 saturated heterocycles. The lowest BCUT2D eigenvalue weighted by molar-refractivity contribution is -0.137. The number of carboxylic acids is 1. The van der Waals surface area contributed by atoms with Crippen LogP contribution in [0.5, 0.6) is 5.75 Å². The highest BCUT2D eigenvalue weighted by atomic mass is 16.5. The number of hydrogen-bond donors (Lipinski definition) is 3. The molecule has 0 atom stereocenters. The first kappa shape index (κ1) is 15.2. The number of anilines is 1. The van der Waals surface area contributed by atoms with Crippen LogP contribution in [0.3, 0.4) is 0 Å². The molecule has 0 bridgehead atoms. The second-order valence-electron chi connectivity index (χ2n) is 5.78.